The lowest BCUT2D eigenvalue weighted by atomic mass is 10.1. The van der Waals surface area contributed by atoms with Crippen molar-refractivity contribution in [1.82, 2.24) is 15.3 Å². The predicted molar refractivity (Wildman–Crippen MR) is 76.2 cm³/mol. The summed E-state index contributed by atoms with van der Waals surface area (Å²) in [5.41, 5.74) is 1.93. The minimum atomic E-state index is -0.0736. The molecule has 1 aromatic carbocycles. The van der Waals surface area contributed by atoms with Crippen LogP contribution in [0.1, 0.15) is 31.6 Å². The number of benzene rings is 1. The number of rotatable bonds is 4. The zero-order valence-corrected chi connectivity index (χ0v) is 11.6. The molecule has 1 amide bonds. The monoisotopic (exact) mass is 273 g/mol. The van der Waals surface area contributed by atoms with Crippen molar-refractivity contribution in [3.8, 4) is 0 Å². The number of hydrogen-bond donors (Lipinski definition) is 2. The van der Waals surface area contributed by atoms with Gasteiger partial charge in [0.1, 0.15) is 5.82 Å². The van der Waals surface area contributed by atoms with Gasteiger partial charge in [-0.05, 0) is 25.0 Å². The van der Waals surface area contributed by atoms with Crippen LogP contribution in [0, 0.1) is 5.92 Å². The van der Waals surface area contributed by atoms with Crippen molar-refractivity contribution in [2.24, 2.45) is 5.92 Å². The van der Waals surface area contributed by atoms with Crippen molar-refractivity contribution in [2.45, 2.75) is 25.8 Å². The van der Waals surface area contributed by atoms with Crippen LogP contribution < -0.4 is 5.32 Å². The van der Waals surface area contributed by atoms with Crippen LogP contribution >= 0.6 is 0 Å². The average molecular weight is 273 g/mol. The van der Waals surface area contributed by atoms with Crippen LogP contribution in [0.2, 0.25) is 0 Å². The second kappa shape index (κ2) is 5.63. The maximum Gasteiger partial charge on any atom is 0.226 e. The highest BCUT2D eigenvalue weighted by atomic mass is 16.5. The van der Waals surface area contributed by atoms with Crippen molar-refractivity contribution in [1.29, 1.82) is 0 Å². The number of amides is 1. The Labute approximate surface area is 117 Å². The van der Waals surface area contributed by atoms with Gasteiger partial charge in [0.2, 0.25) is 5.91 Å². The third-order valence-electron chi connectivity index (χ3n) is 3.76. The van der Waals surface area contributed by atoms with Gasteiger partial charge in [0.05, 0.1) is 29.6 Å². The first-order valence-corrected chi connectivity index (χ1v) is 7.10. The van der Waals surface area contributed by atoms with Crippen LogP contribution in [0.4, 0.5) is 0 Å². The number of aromatic amines is 1. The van der Waals surface area contributed by atoms with Crippen LogP contribution in [0.15, 0.2) is 24.3 Å². The Morgan fingerprint density at radius 2 is 2.40 bits per heavy atom. The third-order valence-corrected chi connectivity index (χ3v) is 3.76. The molecule has 0 bridgehead atoms. The smallest absolute Gasteiger partial charge is 0.226 e. The molecule has 5 heteroatoms. The third kappa shape index (κ3) is 2.54. The number of nitrogens with one attached hydrogen (secondary N) is 2. The summed E-state index contributed by atoms with van der Waals surface area (Å²) in [5.74, 6) is 0.865. The molecule has 1 saturated heterocycles. The molecular formula is C15H19N3O2. The number of para-hydroxylation sites is 2. The molecule has 0 saturated carbocycles. The average Bonchev–Trinajstić information content (AvgIpc) is 3.12. The van der Waals surface area contributed by atoms with E-state index in [0.29, 0.717) is 13.2 Å². The lowest BCUT2D eigenvalue weighted by Crippen LogP contribution is -2.34. The van der Waals surface area contributed by atoms with E-state index in [1.54, 1.807) is 0 Å². The number of imidazole rings is 1. The Bertz CT molecular complexity index is 569. The standard InChI is InChI=1S/C15H19N3O2/c1-2-11(18-15(19)10-7-8-20-9-10)14-16-12-5-3-4-6-13(12)17-14/h3-6,10-11H,2,7-9H2,1H3,(H,16,17)(H,18,19)/t10-,11-/m1/s1. The van der Waals surface area contributed by atoms with Crippen molar-refractivity contribution in [3.63, 3.8) is 0 Å². The number of aromatic nitrogens is 2. The van der Waals surface area contributed by atoms with E-state index < -0.39 is 0 Å². The topological polar surface area (TPSA) is 67.0 Å². The molecule has 2 heterocycles. The molecule has 106 valence electrons. The molecule has 1 aliphatic rings. The number of hydrogen-bond acceptors (Lipinski definition) is 3. The van der Waals surface area contributed by atoms with E-state index in [9.17, 15) is 4.79 Å². The second-order valence-electron chi connectivity index (χ2n) is 5.17. The first-order valence-electron chi connectivity index (χ1n) is 7.10. The maximum absolute atomic E-state index is 12.2. The zero-order chi connectivity index (χ0) is 13.9. The van der Waals surface area contributed by atoms with E-state index in [1.807, 2.05) is 31.2 Å². The fraction of sp³-hybridized carbons (Fsp3) is 0.467. The van der Waals surface area contributed by atoms with Crippen molar-refractivity contribution < 1.29 is 9.53 Å². The number of carbonyl (C=O) groups excluding carboxylic acids is 1. The lowest BCUT2D eigenvalue weighted by molar-refractivity contribution is -0.125. The highest BCUT2D eigenvalue weighted by Gasteiger charge is 2.26. The SMILES string of the molecule is CC[C@@H](NC(=O)[C@@H]1CCOC1)c1nc2ccccc2[nH]1. The Kier molecular flexibility index (Phi) is 3.69. The van der Waals surface area contributed by atoms with E-state index in [2.05, 4.69) is 15.3 Å². The largest absolute Gasteiger partial charge is 0.381 e. The Morgan fingerprint density at radius 3 is 3.10 bits per heavy atom. The Balaban J connectivity index is 1.76. The van der Waals surface area contributed by atoms with Gasteiger partial charge in [-0.15, -0.1) is 0 Å². The van der Waals surface area contributed by atoms with E-state index in [-0.39, 0.29) is 17.9 Å². The van der Waals surface area contributed by atoms with Gasteiger partial charge in [0.25, 0.3) is 0 Å². The number of ether oxygens (including phenoxy) is 1. The summed E-state index contributed by atoms with van der Waals surface area (Å²) in [7, 11) is 0. The molecule has 1 aromatic heterocycles. The van der Waals surface area contributed by atoms with Crippen molar-refractivity contribution >= 4 is 16.9 Å². The Hall–Kier alpha value is -1.88. The molecule has 3 rings (SSSR count). The molecule has 2 N–H and O–H groups in total. The molecule has 0 radical (unpaired) electrons. The van der Waals surface area contributed by atoms with Gasteiger partial charge in [0.15, 0.2) is 0 Å². The summed E-state index contributed by atoms with van der Waals surface area (Å²) in [6.45, 7) is 3.26. The van der Waals surface area contributed by atoms with Crippen LogP contribution in [0.25, 0.3) is 11.0 Å². The molecule has 0 spiro atoms. The van der Waals surface area contributed by atoms with Crippen LogP contribution in [-0.4, -0.2) is 29.1 Å². The minimum Gasteiger partial charge on any atom is -0.381 e. The minimum absolute atomic E-state index is 0.0200. The summed E-state index contributed by atoms with van der Waals surface area (Å²) in [4.78, 5) is 20.0. The summed E-state index contributed by atoms with van der Waals surface area (Å²) in [5, 5.41) is 3.07. The molecule has 0 unspecified atom stereocenters. The lowest BCUT2D eigenvalue weighted by Gasteiger charge is -2.17. The van der Waals surface area contributed by atoms with Crippen molar-refractivity contribution in [2.75, 3.05) is 13.2 Å². The molecule has 1 fully saturated rings. The molecule has 0 aliphatic carbocycles. The molecule has 1 aliphatic heterocycles. The van der Waals surface area contributed by atoms with Gasteiger partial charge in [-0.25, -0.2) is 4.98 Å². The van der Waals surface area contributed by atoms with Gasteiger partial charge in [-0.1, -0.05) is 19.1 Å². The van der Waals surface area contributed by atoms with E-state index in [1.165, 1.54) is 0 Å². The predicted octanol–water partition coefficient (Wildman–Crippen LogP) is 2.17. The highest BCUT2D eigenvalue weighted by molar-refractivity contribution is 5.80. The van der Waals surface area contributed by atoms with E-state index >= 15 is 0 Å². The Morgan fingerprint density at radius 1 is 1.55 bits per heavy atom. The van der Waals surface area contributed by atoms with E-state index in [4.69, 9.17) is 4.74 Å². The summed E-state index contributed by atoms with van der Waals surface area (Å²) in [6, 6.07) is 7.82. The van der Waals surface area contributed by atoms with Gasteiger partial charge in [-0.3, -0.25) is 4.79 Å². The maximum atomic E-state index is 12.2. The number of H-pyrrole nitrogens is 1. The van der Waals surface area contributed by atoms with Gasteiger partial charge in [0, 0.05) is 6.61 Å². The summed E-state index contributed by atoms with van der Waals surface area (Å²) in [6.07, 6.45) is 1.61. The number of fused-ring (bicyclic) bond motifs is 1. The van der Waals surface area contributed by atoms with Gasteiger partial charge >= 0.3 is 0 Å². The van der Waals surface area contributed by atoms with Crippen LogP contribution in [0.5, 0.6) is 0 Å². The number of carbonyl (C=O) groups is 1. The number of nitrogens with zero attached hydrogens (tertiary/aromatic N) is 1. The fourth-order valence-corrected chi connectivity index (χ4v) is 2.53. The van der Waals surface area contributed by atoms with E-state index in [0.717, 1.165) is 29.7 Å². The van der Waals surface area contributed by atoms with Crippen LogP contribution in [0.3, 0.4) is 0 Å². The summed E-state index contributed by atoms with van der Waals surface area (Å²) < 4.78 is 5.26. The highest BCUT2D eigenvalue weighted by Crippen LogP contribution is 2.20. The fourth-order valence-electron chi connectivity index (χ4n) is 2.53. The van der Waals surface area contributed by atoms with Crippen LogP contribution in [-0.2, 0) is 9.53 Å². The first kappa shape index (κ1) is 13.1. The zero-order valence-electron chi connectivity index (χ0n) is 11.6. The first-order chi connectivity index (χ1) is 9.78. The van der Waals surface area contributed by atoms with Gasteiger partial charge < -0.3 is 15.0 Å². The normalized spacial score (nSPS) is 20.1. The molecule has 2 atom stereocenters. The van der Waals surface area contributed by atoms with Gasteiger partial charge in [-0.2, -0.15) is 0 Å². The quantitative estimate of drug-likeness (QED) is 0.897. The molecule has 20 heavy (non-hydrogen) atoms. The molecule has 5 nitrogen and oxygen atoms in total. The molecule has 2 aromatic rings. The van der Waals surface area contributed by atoms with Crippen molar-refractivity contribution in [3.05, 3.63) is 30.1 Å². The molecular weight excluding hydrogens is 254 g/mol. The summed E-state index contributed by atoms with van der Waals surface area (Å²) >= 11 is 0. The second-order valence-corrected chi connectivity index (χ2v) is 5.17.